The van der Waals surface area contributed by atoms with Crippen LogP contribution in [0.4, 0.5) is 13.2 Å². The molecule has 0 spiro atoms. The number of hydrogen-bond donors (Lipinski definition) is 0. The fourth-order valence-electron chi connectivity index (χ4n) is 3.00. The molecule has 0 saturated carbocycles. The van der Waals surface area contributed by atoms with Gasteiger partial charge in [0, 0.05) is 0 Å². The Kier molecular flexibility index (Phi) is 11.2. The molecule has 0 aromatic rings. The molecule has 0 radical (unpaired) electrons. The van der Waals surface area contributed by atoms with E-state index < -0.39 is 22.2 Å². The van der Waals surface area contributed by atoms with Gasteiger partial charge >= 0.3 is 15.6 Å². The summed E-state index contributed by atoms with van der Waals surface area (Å²) in [5.74, 6) is 0. The molecular formula is C17H33F3O3S. The van der Waals surface area contributed by atoms with E-state index in [0.29, 0.717) is 18.3 Å². The molecule has 0 atom stereocenters. The molecule has 0 saturated heterocycles. The molecule has 24 heavy (non-hydrogen) atoms. The molecule has 0 bridgehead atoms. The Morgan fingerprint density at radius 1 is 0.750 bits per heavy atom. The van der Waals surface area contributed by atoms with Crippen LogP contribution in [0.3, 0.4) is 0 Å². The van der Waals surface area contributed by atoms with Gasteiger partial charge in [-0.3, -0.25) is 4.18 Å². The standard InChI is InChI=1S/C17H33F3O3S/c1-4-16(5-2,6-3)14-12-10-8-7-9-11-13-15-23-24(21,22)17(18,19)20/h4-15H2,1-3H3. The van der Waals surface area contributed by atoms with E-state index in [0.717, 1.165) is 19.3 Å². The third kappa shape index (κ3) is 8.70. The van der Waals surface area contributed by atoms with Crippen LogP contribution in [0.5, 0.6) is 0 Å². The molecule has 0 N–H and O–H groups in total. The van der Waals surface area contributed by atoms with Crippen molar-refractivity contribution in [1.82, 2.24) is 0 Å². The first-order valence-corrected chi connectivity index (χ1v) is 10.5. The van der Waals surface area contributed by atoms with Gasteiger partial charge in [-0.1, -0.05) is 78.6 Å². The van der Waals surface area contributed by atoms with Crippen molar-refractivity contribution in [1.29, 1.82) is 0 Å². The monoisotopic (exact) mass is 374 g/mol. The molecule has 7 heteroatoms. The van der Waals surface area contributed by atoms with Crippen molar-refractivity contribution < 1.29 is 25.8 Å². The zero-order valence-electron chi connectivity index (χ0n) is 15.3. The van der Waals surface area contributed by atoms with Crippen LogP contribution in [0.2, 0.25) is 0 Å². The van der Waals surface area contributed by atoms with Crippen LogP contribution in [0, 0.1) is 5.41 Å². The summed E-state index contributed by atoms with van der Waals surface area (Å²) in [5.41, 5.74) is -4.83. The topological polar surface area (TPSA) is 43.4 Å². The number of alkyl halides is 3. The molecule has 0 fully saturated rings. The maximum atomic E-state index is 12.0. The highest BCUT2D eigenvalue weighted by Gasteiger charge is 2.47. The molecule has 0 rings (SSSR count). The lowest BCUT2D eigenvalue weighted by molar-refractivity contribution is -0.0542. The fourth-order valence-corrected chi connectivity index (χ4v) is 3.47. The van der Waals surface area contributed by atoms with E-state index in [2.05, 4.69) is 25.0 Å². The Balaban J connectivity index is 3.63. The van der Waals surface area contributed by atoms with Crippen LogP contribution >= 0.6 is 0 Å². The van der Waals surface area contributed by atoms with E-state index in [4.69, 9.17) is 0 Å². The molecular weight excluding hydrogens is 341 g/mol. The van der Waals surface area contributed by atoms with Crippen LogP contribution in [-0.2, 0) is 14.3 Å². The van der Waals surface area contributed by atoms with E-state index in [-0.39, 0.29) is 0 Å². The third-order valence-corrected chi connectivity index (χ3v) is 6.17. The zero-order valence-corrected chi connectivity index (χ0v) is 16.1. The summed E-state index contributed by atoms with van der Waals surface area (Å²) in [4.78, 5) is 0. The Hall–Kier alpha value is -0.300. The van der Waals surface area contributed by atoms with Gasteiger partial charge in [-0.05, 0) is 18.3 Å². The second kappa shape index (κ2) is 11.3. The van der Waals surface area contributed by atoms with E-state index >= 15 is 0 Å². The van der Waals surface area contributed by atoms with E-state index in [9.17, 15) is 21.6 Å². The van der Waals surface area contributed by atoms with Crippen LogP contribution in [0.15, 0.2) is 0 Å². The van der Waals surface area contributed by atoms with Crippen LogP contribution in [-0.4, -0.2) is 20.5 Å². The molecule has 0 aliphatic heterocycles. The third-order valence-electron chi connectivity index (χ3n) is 5.12. The van der Waals surface area contributed by atoms with E-state index in [1.165, 1.54) is 38.5 Å². The van der Waals surface area contributed by atoms with E-state index in [1.807, 2.05) is 0 Å². The molecule has 0 aromatic heterocycles. The SMILES string of the molecule is CCC(CC)(CC)CCCCCCCCCOS(=O)(=O)C(F)(F)F. The Morgan fingerprint density at radius 3 is 1.58 bits per heavy atom. The largest absolute Gasteiger partial charge is 0.523 e. The van der Waals surface area contributed by atoms with Gasteiger partial charge in [-0.15, -0.1) is 0 Å². The van der Waals surface area contributed by atoms with Crippen molar-refractivity contribution in [3.8, 4) is 0 Å². The highest BCUT2D eigenvalue weighted by Crippen LogP contribution is 2.36. The maximum absolute atomic E-state index is 12.0. The Labute approximate surface area is 145 Å². The normalized spacial score (nSPS) is 13.4. The minimum Gasteiger partial charge on any atom is -0.263 e. The van der Waals surface area contributed by atoms with Crippen molar-refractivity contribution in [2.75, 3.05) is 6.61 Å². The number of hydrogen-bond acceptors (Lipinski definition) is 3. The van der Waals surface area contributed by atoms with Gasteiger partial charge in [0.1, 0.15) is 0 Å². The summed E-state index contributed by atoms with van der Waals surface area (Å²) >= 11 is 0. The summed E-state index contributed by atoms with van der Waals surface area (Å²) < 4.78 is 61.4. The molecule has 0 aromatic carbocycles. The summed E-state index contributed by atoms with van der Waals surface area (Å²) in [6.45, 7) is 6.38. The molecule has 0 unspecified atom stereocenters. The fraction of sp³-hybridized carbons (Fsp3) is 1.00. The number of halogens is 3. The van der Waals surface area contributed by atoms with Crippen LogP contribution in [0.1, 0.15) is 91.4 Å². The lowest BCUT2D eigenvalue weighted by Crippen LogP contribution is -2.25. The summed E-state index contributed by atoms with van der Waals surface area (Å²) in [7, 11) is -5.42. The molecule has 3 nitrogen and oxygen atoms in total. The first-order chi connectivity index (χ1) is 11.1. The van der Waals surface area contributed by atoms with Gasteiger partial charge in [-0.2, -0.15) is 21.6 Å². The van der Waals surface area contributed by atoms with Gasteiger partial charge < -0.3 is 0 Å². The molecule has 0 aliphatic rings. The quantitative estimate of drug-likeness (QED) is 0.207. The van der Waals surface area contributed by atoms with Gasteiger partial charge in [0.05, 0.1) is 6.61 Å². The minimum atomic E-state index is -5.42. The van der Waals surface area contributed by atoms with Gasteiger partial charge in [0.25, 0.3) is 0 Å². The highest BCUT2D eigenvalue weighted by molar-refractivity contribution is 7.87. The van der Waals surface area contributed by atoms with Crippen LogP contribution in [0.25, 0.3) is 0 Å². The van der Waals surface area contributed by atoms with Crippen molar-refractivity contribution >= 4 is 10.1 Å². The van der Waals surface area contributed by atoms with Crippen molar-refractivity contribution in [3.63, 3.8) is 0 Å². The number of rotatable bonds is 14. The first kappa shape index (κ1) is 23.7. The lowest BCUT2D eigenvalue weighted by Gasteiger charge is -2.30. The lowest BCUT2D eigenvalue weighted by atomic mass is 9.75. The smallest absolute Gasteiger partial charge is 0.263 e. The highest BCUT2D eigenvalue weighted by atomic mass is 32.2. The van der Waals surface area contributed by atoms with Crippen LogP contribution < -0.4 is 0 Å². The summed E-state index contributed by atoms with van der Waals surface area (Å²) in [6.07, 6.45) is 11.4. The summed E-state index contributed by atoms with van der Waals surface area (Å²) in [5, 5.41) is 0. The van der Waals surface area contributed by atoms with E-state index in [1.54, 1.807) is 0 Å². The molecule has 0 aliphatic carbocycles. The second-order valence-corrected chi connectivity index (χ2v) is 8.11. The summed E-state index contributed by atoms with van der Waals surface area (Å²) in [6, 6.07) is 0. The Bertz CT molecular complexity index is 407. The average molecular weight is 375 g/mol. The minimum absolute atomic E-state index is 0.333. The Morgan fingerprint density at radius 2 is 1.17 bits per heavy atom. The average Bonchev–Trinajstić information content (AvgIpc) is 2.52. The van der Waals surface area contributed by atoms with Gasteiger partial charge in [0.2, 0.25) is 0 Å². The molecule has 0 amide bonds. The zero-order chi connectivity index (χ0) is 18.7. The van der Waals surface area contributed by atoms with Gasteiger partial charge in [0.15, 0.2) is 0 Å². The first-order valence-electron chi connectivity index (χ1n) is 9.10. The molecule has 0 heterocycles. The predicted octanol–water partition coefficient (Wildman–Crippen LogP) is 6.19. The van der Waals surface area contributed by atoms with Crippen molar-refractivity contribution in [3.05, 3.63) is 0 Å². The van der Waals surface area contributed by atoms with Gasteiger partial charge in [-0.25, -0.2) is 0 Å². The second-order valence-electron chi connectivity index (χ2n) is 6.51. The molecule has 146 valence electrons. The maximum Gasteiger partial charge on any atom is 0.523 e. The predicted molar refractivity (Wildman–Crippen MR) is 91.2 cm³/mol. The number of unbranched alkanes of at least 4 members (excludes halogenated alkanes) is 6. The van der Waals surface area contributed by atoms with Crippen molar-refractivity contribution in [2.24, 2.45) is 5.41 Å². The van der Waals surface area contributed by atoms with Crippen molar-refractivity contribution in [2.45, 2.75) is 96.9 Å².